The first kappa shape index (κ1) is 13.4. The SMILES string of the molecule is CN(C)CCN(C)c1c(F)cccc1C(=O)O. The molecule has 0 aliphatic rings. The Bertz CT molecular complexity index is 407. The smallest absolute Gasteiger partial charge is 0.337 e. The lowest BCUT2D eigenvalue weighted by Crippen LogP contribution is -2.30. The zero-order chi connectivity index (χ0) is 13.0. The van der Waals surface area contributed by atoms with E-state index in [-0.39, 0.29) is 11.3 Å². The second-order valence-corrected chi connectivity index (χ2v) is 4.17. The summed E-state index contributed by atoms with van der Waals surface area (Å²) in [5.41, 5.74) is 0.133. The van der Waals surface area contributed by atoms with Crippen LogP contribution in [-0.2, 0) is 0 Å². The van der Waals surface area contributed by atoms with Gasteiger partial charge in [0.25, 0.3) is 0 Å². The third-order valence-electron chi connectivity index (χ3n) is 2.48. The molecule has 0 fully saturated rings. The molecule has 1 N–H and O–H groups in total. The van der Waals surface area contributed by atoms with Gasteiger partial charge in [-0.05, 0) is 26.2 Å². The highest BCUT2D eigenvalue weighted by Crippen LogP contribution is 2.23. The molecule has 0 bridgehead atoms. The fraction of sp³-hybridized carbons (Fsp3) is 0.417. The molecular formula is C12H17FN2O2. The summed E-state index contributed by atoms with van der Waals surface area (Å²) in [6.45, 7) is 1.29. The molecule has 94 valence electrons. The van der Waals surface area contributed by atoms with Crippen molar-refractivity contribution in [3.05, 3.63) is 29.6 Å². The average molecular weight is 240 g/mol. The number of nitrogens with zero attached hydrogens (tertiary/aromatic N) is 2. The van der Waals surface area contributed by atoms with Crippen LogP contribution in [0.2, 0.25) is 0 Å². The summed E-state index contributed by atoms with van der Waals surface area (Å²) in [6, 6.07) is 4.09. The molecule has 0 aromatic heterocycles. The number of para-hydroxylation sites is 1. The summed E-state index contributed by atoms with van der Waals surface area (Å²) in [6.07, 6.45) is 0. The molecular weight excluding hydrogens is 223 g/mol. The van der Waals surface area contributed by atoms with Crippen LogP contribution in [0.3, 0.4) is 0 Å². The first-order valence-electron chi connectivity index (χ1n) is 5.31. The Morgan fingerprint density at radius 3 is 2.47 bits per heavy atom. The van der Waals surface area contributed by atoms with Crippen LogP contribution in [0.5, 0.6) is 0 Å². The number of rotatable bonds is 5. The largest absolute Gasteiger partial charge is 0.478 e. The first-order chi connectivity index (χ1) is 7.93. The van der Waals surface area contributed by atoms with Crippen molar-refractivity contribution in [2.75, 3.05) is 39.1 Å². The number of carboxylic acid groups (broad SMARTS) is 1. The molecule has 0 aliphatic heterocycles. The zero-order valence-electron chi connectivity index (χ0n) is 10.3. The predicted octanol–water partition coefficient (Wildman–Crippen LogP) is 1.52. The quantitative estimate of drug-likeness (QED) is 0.847. The van der Waals surface area contributed by atoms with Crippen molar-refractivity contribution in [1.82, 2.24) is 4.90 Å². The van der Waals surface area contributed by atoms with Gasteiger partial charge in [-0.25, -0.2) is 9.18 Å². The lowest BCUT2D eigenvalue weighted by molar-refractivity contribution is 0.0697. The van der Waals surface area contributed by atoms with E-state index in [0.717, 1.165) is 6.54 Å². The van der Waals surface area contributed by atoms with Gasteiger partial charge in [0.15, 0.2) is 0 Å². The molecule has 1 rings (SSSR count). The summed E-state index contributed by atoms with van der Waals surface area (Å²) >= 11 is 0. The maximum atomic E-state index is 13.7. The van der Waals surface area contributed by atoms with Crippen molar-refractivity contribution in [2.45, 2.75) is 0 Å². The highest BCUT2D eigenvalue weighted by Gasteiger charge is 2.17. The van der Waals surface area contributed by atoms with Crippen LogP contribution in [0.4, 0.5) is 10.1 Å². The molecule has 0 saturated heterocycles. The maximum Gasteiger partial charge on any atom is 0.337 e. The summed E-state index contributed by atoms with van der Waals surface area (Å²) in [7, 11) is 5.51. The summed E-state index contributed by atoms with van der Waals surface area (Å²) < 4.78 is 13.7. The minimum Gasteiger partial charge on any atom is -0.478 e. The van der Waals surface area contributed by atoms with Gasteiger partial charge in [-0.15, -0.1) is 0 Å². The minimum absolute atomic E-state index is 0.00810. The van der Waals surface area contributed by atoms with Gasteiger partial charge in [-0.3, -0.25) is 0 Å². The van der Waals surface area contributed by atoms with Gasteiger partial charge in [-0.2, -0.15) is 0 Å². The van der Waals surface area contributed by atoms with E-state index < -0.39 is 11.8 Å². The molecule has 0 spiro atoms. The molecule has 0 heterocycles. The minimum atomic E-state index is -1.11. The molecule has 0 saturated carbocycles. The van der Waals surface area contributed by atoms with Gasteiger partial charge in [0, 0.05) is 20.1 Å². The highest BCUT2D eigenvalue weighted by atomic mass is 19.1. The van der Waals surface area contributed by atoms with Crippen molar-refractivity contribution in [1.29, 1.82) is 0 Å². The van der Waals surface area contributed by atoms with Gasteiger partial charge in [-0.1, -0.05) is 6.07 Å². The van der Waals surface area contributed by atoms with Crippen LogP contribution in [-0.4, -0.2) is 50.2 Å². The second-order valence-electron chi connectivity index (χ2n) is 4.17. The van der Waals surface area contributed by atoms with E-state index in [1.54, 1.807) is 11.9 Å². The van der Waals surface area contributed by atoms with Crippen LogP contribution in [0, 0.1) is 5.82 Å². The monoisotopic (exact) mass is 240 g/mol. The van der Waals surface area contributed by atoms with Crippen molar-refractivity contribution in [2.24, 2.45) is 0 Å². The number of hydrogen-bond acceptors (Lipinski definition) is 3. The highest BCUT2D eigenvalue weighted by molar-refractivity contribution is 5.94. The summed E-state index contributed by atoms with van der Waals surface area (Å²) in [5, 5.41) is 9.01. The Morgan fingerprint density at radius 1 is 1.29 bits per heavy atom. The lowest BCUT2D eigenvalue weighted by atomic mass is 10.1. The van der Waals surface area contributed by atoms with Crippen LogP contribution < -0.4 is 4.90 Å². The van der Waals surface area contributed by atoms with Crippen molar-refractivity contribution < 1.29 is 14.3 Å². The zero-order valence-corrected chi connectivity index (χ0v) is 10.3. The van der Waals surface area contributed by atoms with Crippen molar-refractivity contribution >= 4 is 11.7 Å². The molecule has 1 aromatic carbocycles. The van der Waals surface area contributed by atoms with Gasteiger partial charge < -0.3 is 14.9 Å². The van der Waals surface area contributed by atoms with Crippen LogP contribution >= 0.6 is 0 Å². The molecule has 4 nitrogen and oxygen atoms in total. The van der Waals surface area contributed by atoms with E-state index in [2.05, 4.69) is 0 Å². The summed E-state index contributed by atoms with van der Waals surface area (Å²) in [4.78, 5) is 14.6. The third kappa shape index (κ3) is 3.42. The Kier molecular flexibility index (Phi) is 4.45. The van der Waals surface area contributed by atoms with Gasteiger partial charge >= 0.3 is 5.97 Å². The Labute approximate surface area is 100 Å². The number of likely N-dealkylation sites (N-methyl/N-ethyl adjacent to an activating group) is 2. The Morgan fingerprint density at radius 2 is 1.94 bits per heavy atom. The molecule has 5 heteroatoms. The average Bonchev–Trinajstić information content (AvgIpc) is 2.25. The fourth-order valence-corrected chi connectivity index (χ4v) is 1.54. The number of benzene rings is 1. The number of aromatic carboxylic acids is 1. The standard InChI is InChI=1S/C12H17FN2O2/c1-14(2)7-8-15(3)11-9(12(16)17)5-4-6-10(11)13/h4-6H,7-8H2,1-3H3,(H,16,17). The van der Waals surface area contributed by atoms with Crippen molar-refractivity contribution in [3.8, 4) is 0 Å². The number of anilines is 1. The van der Waals surface area contributed by atoms with E-state index in [1.807, 2.05) is 19.0 Å². The molecule has 0 radical (unpaired) electrons. The Hall–Kier alpha value is -1.62. The fourth-order valence-electron chi connectivity index (χ4n) is 1.54. The number of halogens is 1. The molecule has 0 aliphatic carbocycles. The van der Waals surface area contributed by atoms with E-state index in [9.17, 15) is 9.18 Å². The third-order valence-corrected chi connectivity index (χ3v) is 2.48. The van der Waals surface area contributed by atoms with Gasteiger partial charge in [0.05, 0.1) is 11.3 Å². The molecule has 17 heavy (non-hydrogen) atoms. The lowest BCUT2D eigenvalue weighted by Gasteiger charge is -2.23. The first-order valence-corrected chi connectivity index (χ1v) is 5.31. The van der Waals surface area contributed by atoms with E-state index in [0.29, 0.717) is 6.54 Å². The second kappa shape index (κ2) is 5.63. The van der Waals surface area contributed by atoms with Crippen LogP contribution in [0.25, 0.3) is 0 Å². The van der Waals surface area contributed by atoms with Crippen LogP contribution in [0.15, 0.2) is 18.2 Å². The van der Waals surface area contributed by atoms with Gasteiger partial charge in [0.1, 0.15) is 5.82 Å². The molecule has 0 atom stereocenters. The molecule has 0 unspecified atom stereocenters. The number of carboxylic acids is 1. The van der Waals surface area contributed by atoms with E-state index in [4.69, 9.17) is 5.11 Å². The van der Waals surface area contributed by atoms with Crippen molar-refractivity contribution in [3.63, 3.8) is 0 Å². The number of carbonyl (C=O) groups is 1. The predicted molar refractivity (Wildman–Crippen MR) is 65.2 cm³/mol. The van der Waals surface area contributed by atoms with E-state index in [1.165, 1.54) is 18.2 Å². The Balaban J connectivity index is 2.98. The molecule has 0 amide bonds. The number of hydrogen-bond donors (Lipinski definition) is 1. The maximum absolute atomic E-state index is 13.7. The normalized spacial score (nSPS) is 10.6. The van der Waals surface area contributed by atoms with Crippen LogP contribution in [0.1, 0.15) is 10.4 Å². The van der Waals surface area contributed by atoms with E-state index >= 15 is 0 Å². The molecule has 1 aromatic rings. The summed E-state index contributed by atoms with van der Waals surface area (Å²) in [5.74, 6) is -1.62. The van der Waals surface area contributed by atoms with Gasteiger partial charge in [0.2, 0.25) is 0 Å². The topological polar surface area (TPSA) is 43.8 Å².